The van der Waals surface area contributed by atoms with Crippen molar-refractivity contribution in [3.05, 3.63) is 0 Å². The van der Waals surface area contributed by atoms with Crippen molar-refractivity contribution >= 4 is 12.0 Å². The Hall–Kier alpha value is -1.86. The number of isocyanates is 1. The average Bonchev–Trinajstić information content (AvgIpc) is 1.82. The molecule has 0 bridgehead atoms. The van der Waals surface area contributed by atoms with Crippen molar-refractivity contribution in [3.8, 4) is 6.19 Å². The van der Waals surface area contributed by atoms with Crippen molar-refractivity contribution < 1.29 is 4.79 Å². The van der Waals surface area contributed by atoms with Crippen molar-refractivity contribution in [1.29, 1.82) is 10.7 Å². The summed E-state index contributed by atoms with van der Waals surface area (Å²) in [4.78, 5) is 9.44. The smallest absolute Gasteiger partial charge is 0.259 e. The van der Waals surface area contributed by atoms with Crippen LogP contribution in [0.4, 0.5) is 0 Å². The molecule has 46 valence electrons. The average molecular weight is 125 g/mol. The van der Waals surface area contributed by atoms with Gasteiger partial charge >= 0.3 is 0 Å². The first-order chi connectivity index (χ1) is 4.22. The third-order valence-corrected chi connectivity index (χ3v) is 0.464. The first kappa shape index (κ1) is 7.14. The zero-order valence-electron chi connectivity index (χ0n) is 4.33. The van der Waals surface area contributed by atoms with E-state index in [1.54, 1.807) is 0 Å². The molecule has 0 rings (SSSR count). The predicted octanol–water partition coefficient (Wildman–Crippen LogP) is -1.09. The van der Waals surface area contributed by atoms with Gasteiger partial charge in [0.2, 0.25) is 12.2 Å². The Balaban J connectivity index is 4.21. The van der Waals surface area contributed by atoms with Crippen LogP contribution in [0, 0.1) is 16.9 Å². The lowest BCUT2D eigenvalue weighted by molar-refractivity contribution is 0.537. The second-order valence-corrected chi connectivity index (χ2v) is 0.988. The molecule has 0 aromatic rings. The lowest BCUT2D eigenvalue weighted by Crippen LogP contribution is -2.27. The maximum atomic E-state index is 9.44. The van der Waals surface area contributed by atoms with Crippen LogP contribution >= 0.6 is 0 Å². The SMILES string of the molecule is N#CN(N=C=O)C(=N)N. The first-order valence-electron chi connectivity index (χ1n) is 1.84. The van der Waals surface area contributed by atoms with E-state index in [4.69, 9.17) is 16.4 Å². The summed E-state index contributed by atoms with van der Waals surface area (Å²) in [5, 5.41) is 17.7. The number of hydrogen-bond acceptors (Lipinski definition) is 4. The molecule has 0 fully saturated rings. The van der Waals surface area contributed by atoms with Crippen molar-refractivity contribution in [2.45, 2.75) is 0 Å². The molecule has 0 aromatic carbocycles. The fraction of sp³-hybridized carbons (Fsp3) is 0. The van der Waals surface area contributed by atoms with Gasteiger partial charge in [-0.3, -0.25) is 5.41 Å². The summed E-state index contributed by atoms with van der Waals surface area (Å²) >= 11 is 0. The number of hydrazone groups is 1. The molecule has 6 nitrogen and oxygen atoms in total. The summed E-state index contributed by atoms with van der Waals surface area (Å²) in [6, 6.07) is 0. The molecule has 0 heterocycles. The third kappa shape index (κ3) is 2.06. The van der Waals surface area contributed by atoms with E-state index >= 15 is 0 Å². The van der Waals surface area contributed by atoms with Gasteiger partial charge in [0.25, 0.3) is 6.08 Å². The second kappa shape index (κ2) is 3.18. The van der Waals surface area contributed by atoms with Crippen molar-refractivity contribution in [3.63, 3.8) is 0 Å². The maximum absolute atomic E-state index is 9.44. The van der Waals surface area contributed by atoms with Crippen LogP contribution in [-0.4, -0.2) is 17.0 Å². The molecule has 0 radical (unpaired) electrons. The second-order valence-electron chi connectivity index (χ2n) is 0.988. The minimum absolute atomic E-state index is 0.340. The summed E-state index contributed by atoms with van der Waals surface area (Å²) in [7, 11) is 0. The summed E-state index contributed by atoms with van der Waals surface area (Å²) in [6.45, 7) is 0. The van der Waals surface area contributed by atoms with Crippen LogP contribution in [0.3, 0.4) is 0 Å². The maximum Gasteiger partial charge on any atom is 0.259 e. The molecule has 6 heteroatoms. The topological polar surface area (TPSA) is 106 Å². The van der Waals surface area contributed by atoms with Gasteiger partial charge in [0.15, 0.2) is 0 Å². The number of hydrogen-bond donors (Lipinski definition) is 2. The quantitative estimate of drug-likeness (QED) is 0.116. The Labute approximate surface area is 50.7 Å². The highest BCUT2D eigenvalue weighted by Crippen LogP contribution is 1.78. The Kier molecular flexibility index (Phi) is 2.52. The molecular weight excluding hydrogens is 122 g/mol. The Morgan fingerprint density at radius 3 is 2.56 bits per heavy atom. The molecule has 0 spiro atoms. The number of guanidine groups is 1. The minimum atomic E-state index is -0.610. The monoisotopic (exact) mass is 125 g/mol. The zero-order valence-corrected chi connectivity index (χ0v) is 4.33. The lowest BCUT2D eigenvalue weighted by atomic mass is 10.9. The van der Waals surface area contributed by atoms with E-state index < -0.39 is 5.96 Å². The van der Waals surface area contributed by atoms with E-state index in [2.05, 4.69) is 5.10 Å². The van der Waals surface area contributed by atoms with Crippen LogP contribution in [-0.2, 0) is 4.79 Å². The number of carbonyl (C=O) groups excluding carboxylic acids is 1. The standard InChI is InChI=1S/C3H3N5O/c4-1-8(3(5)6)7-2-9/h(H3,5,6). The van der Waals surface area contributed by atoms with E-state index in [9.17, 15) is 4.79 Å². The molecule has 0 aliphatic carbocycles. The highest BCUT2D eigenvalue weighted by atomic mass is 16.1. The minimum Gasteiger partial charge on any atom is -0.368 e. The molecule has 9 heavy (non-hydrogen) atoms. The molecule has 0 aromatic heterocycles. The zero-order chi connectivity index (χ0) is 7.28. The molecular formula is C3H3N5O. The van der Waals surface area contributed by atoms with Gasteiger partial charge in [-0.15, -0.1) is 5.01 Å². The van der Waals surface area contributed by atoms with E-state index in [1.165, 1.54) is 6.19 Å². The molecule has 0 amide bonds. The van der Waals surface area contributed by atoms with Crippen molar-refractivity contribution in [2.24, 2.45) is 10.8 Å². The number of nitriles is 1. The van der Waals surface area contributed by atoms with Gasteiger partial charge in [-0.25, -0.2) is 4.79 Å². The van der Waals surface area contributed by atoms with Crippen molar-refractivity contribution in [2.75, 3.05) is 0 Å². The van der Waals surface area contributed by atoms with E-state index in [-0.39, 0.29) is 0 Å². The number of nitrogens with one attached hydrogen (secondary N) is 1. The van der Waals surface area contributed by atoms with Crippen LogP contribution in [0.2, 0.25) is 0 Å². The van der Waals surface area contributed by atoms with Gasteiger partial charge in [0.05, 0.1) is 0 Å². The number of rotatable bonds is 1. The molecule has 0 aliphatic rings. The van der Waals surface area contributed by atoms with E-state index in [1.807, 2.05) is 0 Å². The van der Waals surface area contributed by atoms with Gasteiger partial charge < -0.3 is 5.73 Å². The van der Waals surface area contributed by atoms with Gasteiger partial charge in [0, 0.05) is 0 Å². The Bertz CT molecular complexity index is 195. The van der Waals surface area contributed by atoms with Crippen LogP contribution in [0.1, 0.15) is 0 Å². The molecule has 0 unspecified atom stereocenters. The molecule has 0 atom stereocenters. The summed E-state index contributed by atoms with van der Waals surface area (Å²) in [5.74, 6) is -0.610. The van der Waals surface area contributed by atoms with Gasteiger partial charge in [-0.05, 0) is 0 Å². The van der Waals surface area contributed by atoms with Crippen LogP contribution in [0.25, 0.3) is 0 Å². The van der Waals surface area contributed by atoms with Gasteiger partial charge in [-0.2, -0.15) is 5.26 Å². The van der Waals surface area contributed by atoms with Crippen LogP contribution in [0.5, 0.6) is 0 Å². The highest BCUT2D eigenvalue weighted by molar-refractivity contribution is 5.76. The molecule has 0 aliphatic heterocycles. The first-order valence-corrected chi connectivity index (χ1v) is 1.84. The third-order valence-electron chi connectivity index (χ3n) is 0.464. The largest absolute Gasteiger partial charge is 0.368 e. The Morgan fingerprint density at radius 1 is 1.89 bits per heavy atom. The Morgan fingerprint density at radius 2 is 2.44 bits per heavy atom. The molecule has 0 saturated carbocycles. The van der Waals surface area contributed by atoms with Crippen molar-refractivity contribution in [1.82, 2.24) is 5.01 Å². The number of nitrogens with two attached hydrogens (primary N) is 1. The van der Waals surface area contributed by atoms with Gasteiger partial charge in [-0.1, -0.05) is 5.10 Å². The number of nitrogens with zero attached hydrogens (tertiary/aromatic N) is 3. The van der Waals surface area contributed by atoms with E-state index in [0.29, 0.717) is 5.01 Å². The predicted molar refractivity (Wildman–Crippen MR) is 27.5 cm³/mol. The fourth-order valence-corrected chi connectivity index (χ4v) is 0.171. The highest BCUT2D eigenvalue weighted by Gasteiger charge is 1.99. The van der Waals surface area contributed by atoms with E-state index in [0.717, 1.165) is 6.08 Å². The summed E-state index contributed by atoms with van der Waals surface area (Å²) < 4.78 is 0. The molecule has 0 saturated heterocycles. The summed E-state index contributed by atoms with van der Waals surface area (Å²) in [6.07, 6.45) is 2.41. The molecule has 3 N–H and O–H groups in total. The summed E-state index contributed by atoms with van der Waals surface area (Å²) in [5.41, 5.74) is 4.75. The van der Waals surface area contributed by atoms with Crippen LogP contribution in [0.15, 0.2) is 5.10 Å². The van der Waals surface area contributed by atoms with Gasteiger partial charge in [0.1, 0.15) is 0 Å². The lowest BCUT2D eigenvalue weighted by Gasteiger charge is -1.99. The fourth-order valence-electron chi connectivity index (χ4n) is 0.171. The normalized spacial score (nSPS) is 6.56. The van der Waals surface area contributed by atoms with Crippen LogP contribution < -0.4 is 5.73 Å².